The van der Waals surface area contributed by atoms with Gasteiger partial charge >= 0.3 is 7.60 Å². The quantitative estimate of drug-likeness (QED) is 0.132. The average molecular weight is 582 g/mol. The minimum absolute atomic E-state index is 0.0665. The van der Waals surface area contributed by atoms with E-state index in [2.05, 4.69) is 40.7 Å². The van der Waals surface area contributed by atoms with Crippen LogP contribution in [0.4, 0.5) is 17.8 Å². The van der Waals surface area contributed by atoms with Crippen molar-refractivity contribution in [3.05, 3.63) is 0 Å². The largest absolute Gasteiger partial charge is 0.368 e. The number of piperazine rings is 1. The van der Waals surface area contributed by atoms with E-state index >= 15 is 0 Å². The van der Waals surface area contributed by atoms with Gasteiger partial charge in [-0.1, -0.05) is 19.3 Å². The Kier molecular flexibility index (Phi) is 12.7. The summed E-state index contributed by atoms with van der Waals surface area (Å²) in [6.07, 6.45) is 13.5. The van der Waals surface area contributed by atoms with Crippen molar-refractivity contribution in [2.75, 3.05) is 81.0 Å². The van der Waals surface area contributed by atoms with Crippen LogP contribution in [0.5, 0.6) is 0 Å². The topological polar surface area (TPSA) is 165 Å². The molecular weight excluding hydrogens is 529 g/mol. The van der Waals surface area contributed by atoms with E-state index in [0.29, 0.717) is 30.8 Å². The van der Waals surface area contributed by atoms with E-state index in [4.69, 9.17) is 15.5 Å². The molecule has 0 atom stereocenters. The van der Waals surface area contributed by atoms with Crippen molar-refractivity contribution < 1.29 is 14.4 Å². The monoisotopic (exact) mass is 581 g/mol. The molecule has 1 aromatic rings. The highest BCUT2D eigenvalue weighted by atomic mass is 31.2. The van der Waals surface area contributed by atoms with E-state index < -0.39 is 7.60 Å². The summed E-state index contributed by atoms with van der Waals surface area (Å²) in [5, 5.41) is 10.8. The van der Waals surface area contributed by atoms with Crippen LogP contribution in [-0.4, -0.2) is 101 Å². The SMILES string of the molecule is Nc1nc(NCC2CCC(CNCCCNC3CCCCC3)CC2)nc(N2CCN(CCCP(=O)(O)O)CC2)n1. The molecule has 3 fully saturated rings. The summed E-state index contributed by atoms with van der Waals surface area (Å²) in [4.78, 5) is 35.8. The summed E-state index contributed by atoms with van der Waals surface area (Å²) < 4.78 is 11.1. The van der Waals surface area contributed by atoms with Crippen molar-refractivity contribution in [2.45, 2.75) is 76.7 Å². The molecule has 0 amide bonds. The molecule has 2 saturated carbocycles. The molecule has 1 saturated heterocycles. The predicted molar refractivity (Wildman–Crippen MR) is 161 cm³/mol. The zero-order valence-corrected chi connectivity index (χ0v) is 25.0. The molecule has 0 aromatic carbocycles. The highest BCUT2D eigenvalue weighted by Gasteiger charge is 2.23. The fraction of sp³-hybridized carbons (Fsp3) is 0.889. The molecule has 1 aliphatic heterocycles. The van der Waals surface area contributed by atoms with Crippen LogP contribution in [0.2, 0.25) is 0 Å². The third-order valence-electron chi connectivity index (χ3n) is 8.74. The van der Waals surface area contributed by atoms with Crippen LogP contribution in [0.1, 0.15) is 70.6 Å². The molecule has 3 aliphatic rings. The Labute approximate surface area is 239 Å². The Morgan fingerprint density at radius 1 is 0.850 bits per heavy atom. The zero-order valence-electron chi connectivity index (χ0n) is 24.1. The van der Waals surface area contributed by atoms with E-state index in [9.17, 15) is 4.57 Å². The molecule has 228 valence electrons. The van der Waals surface area contributed by atoms with Gasteiger partial charge in [0.2, 0.25) is 17.8 Å². The first-order chi connectivity index (χ1) is 19.3. The maximum absolute atomic E-state index is 11.1. The van der Waals surface area contributed by atoms with Gasteiger partial charge in [-0.3, -0.25) is 9.46 Å². The lowest BCUT2D eigenvalue weighted by Gasteiger charge is -2.34. The molecule has 13 heteroatoms. The van der Waals surface area contributed by atoms with E-state index in [-0.39, 0.29) is 12.1 Å². The van der Waals surface area contributed by atoms with Gasteiger partial charge in [0.25, 0.3) is 0 Å². The predicted octanol–water partition coefficient (Wildman–Crippen LogP) is 2.26. The van der Waals surface area contributed by atoms with Gasteiger partial charge in [-0.2, -0.15) is 15.0 Å². The van der Waals surface area contributed by atoms with E-state index in [1.165, 1.54) is 64.2 Å². The second-order valence-corrected chi connectivity index (χ2v) is 13.8. The number of aromatic nitrogens is 3. The molecule has 12 nitrogen and oxygen atoms in total. The normalized spacial score (nSPS) is 23.4. The molecule has 2 aliphatic carbocycles. The summed E-state index contributed by atoms with van der Waals surface area (Å²) in [7, 11) is -3.93. The first-order valence-electron chi connectivity index (χ1n) is 15.6. The fourth-order valence-electron chi connectivity index (χ4n) is 6.28. The Balaban J connectivity index is 1.08. The van der Waals surface area contributed by atoms with Gasteiger partial charge in [0, 0.05) is 38.8 Å². The first-order valence-corrected chi connectivity index (χ1v) is 17.4. The zero-order chi connectivity index (χ0) is 28.2. The smallest absolute Gasteiger partial charge is 0.325 e. The van der Waals surface area contributed by atoms with Gasteiger partial charge in [-0.15, -0.1) is 0 Å². The second-order valence-electron chi connectivity index (χ2n) is 12.0. The molecule has 4 rings (SSSR count). The van der Waals surface area contributed by atoms with Gasteiger partial charge in [0.05, 0.1) is 6.16 Å². The molecule has 1 aromatic heterocycles. The number of hydrogen-bond donors (Lipinski definition) is 6. The fourth-order valence-corrected chi connectivity index (χ4v) is 6.83. The summed E-state index contributed by atoms with van der Waals surface area (Å²) >= 11 is 0. The number of nitrogens with two attached hydrogens (primary N) is 1. The molecule has 2 heterocycles. The van der Waals surface area contributed by atoms with Crippen LogP contribution >= 0.6 is 7.60 Å². The number of nitrogens with zero attached hydrogens (tertiary/aromatic N) is 5. The van der Waals surface area contributed by atoms with Gasteiger partial charge in [0.1, 0.15) is 0 Å². The van der Waals surface area contributed by atoms with Crippen molar-refractivity contribution in [2.24, 2.45) is 11.8 Å². The Hall–Kier alpha value is -1.56. The molecule has 0 radical (unpaired) electrons. The van der Waals surface area contributed by atoms with Crippen molar-refractivity contribution in [3.8, 4) is 0 Å². The average Bonchev–Trinajstić information content (AvgIpc) is 2.94. The van der Waals surface area contributed by atoms with Crippen molar-refractivity contribution in [3.63, 3.8) is 0 Å². The maximum atomic E-state index is 11.1. The molecule has 40 heavy (non-hydrogen) atoms. The van der Waals surface area contributed by atoms with E-state index in [1.54, 1.807) is 0 Å². The number of hydrogen-bond acceptors (Lipinski definition) is 10. The number of anilines is 3. The third-order valence-corrected chi connectivity index (χ3v) is 9.64. The summed E-state index contributed by atoms with van der Waals surface area (Å²) in [5.74, 6) is 2.75. The first kappa shape index (κ1) is 31.4. The minimum atomic E-state index is -3.93. The van der Waals surface area contributed by atoms with Crippen LogP contribution in [0.25, 0.3) is 0 Å². The van der Waals surface area contributed by atoms with Crippen molar-refractivity contribution in [1.82, 2.24) is 30.5 Å². The maximum Gasteiger partial charge on any atom is 0.325 e. The lowest BCUT2D eigenvalue weighted by atomic mass is 9.82. The van der Waals surface area contributed by atoms with Gasteiger partial charge in [-0.25, -0.2) is 0 Å². The Bertz CT molecular complexity index is 915. The van der Waals surface area contributed by atoms with Crippen LogP contribution in [0, 0.1) is 11.8 Å². The number of rotatable bonds is 15. The van der Waals surface area contributed by atoms with Crippen molar-refractivity contribution in [1.29, 1.82) is 0 Å². The van der Waals surface area contributed by atoms with Crippen LogP contribution in [0.3, 0.4) is 0 Å². The van der Waals surface area contributed by atoms with Crippen LogP contribution in [0.15, 0.2) is 0 Å². The minimum Gasteiger partial charge on any atom is -0.368 e. The Morgan fingerprint density at radius 2 is 1.55 bits per heavy atom. The van der Waals surface area contributed by atoms with Crippen LogP contribution < -0.4 is 26.6 Å². The lowest BCUT2D eigenvalue weighted by molar-refractivity contribution is 0.255. The molecule has 0 bridgehead atoms. The molecule has 0 unspecified atom stereocenters. The summed E-state index contributed by atoms with van der Waals surface area (Å²) in [5.41, 5.74) is 6.02. The Morgan fingerprint density at radius 3 is 2.25 bits per heavy atom. The molecule has 0 spiro atoms. The highest BCUT2D eigenvalue weighted by Crippen LogP contribution is 2.35. The second kappa shape index (κ2) is 16.2. The molecular formula is C27H52N9O3P. The lowest BCUT2D eigenvalue weighted by Crippen LogP contribution is -2.47. The van der Waals surface area contributed by atoms with Gasteiger partial charge in [-0.05, 0) is 89.4 Å². The number of nitrogen functional groups attached to an aromatic ring is 1. The standard InChI is InChI=1S/C27H52N9O3P/c28-25-32-26(34-27(33-25)36-17-15-35(16-18-36)14-5-19-40(37,38)39)31-21-23-10-8-22(9-11-23)20-29-12-4-13-30-24-6-2-1-3-7-24/h22-24,29-30H,1-21H2,(H2,37,38,39)(H3,28,31,32,33,34). The van der Waals surface area contributed by atoms with Gasteiger partial charge in [0.15, 0.2) is 0 Å². The van der Waals surface area contributed by atoms with Crippen molar-refractivity contribution >= 4 is 25.4 Å². The van der Waals surface area contributed by atoms with Gasteiger partial charge < -0.3 is 36.4 Å². The molecule has 7 N–H and O–H groups in total. The van der Waals surface area contributed by atoms with Crippen LogP contribution in [-0.2, 0) is 4.57 Å². The number of nitrogens with one attached hydrogen (secondary N) is 3. The summed E-state index contributed by atoms with van der Waals surface area (Å²) in [6.45, 7) is 7.99. The summed E-state index contributed by atoms with van der Waals surface area (Å²) in [6, 6.07) is 0.760. The third kappa shape index (κ3) is 11.4. The highest BCUT2D eigenvalue weighted by molar-refractivity contribution is 7.51. The van der Waals surface area contributed by atoms with E-state index in [0.717, 1.165) is 64.3 Å². The van der Waals surface area contributed by atoms with E-state index in [1.807, 2.05) is 0 Å².